The number of likely N-dealkylation sites (tertiary alicyclic amines) is 1. The fraction of sp³-hybridized carbons (Fsp3) is 0.471. The van der Waals surface area contributed by atoms with E-state index in [4.69, 9.17) is 4.42 Å². The zero-order valence-electron chi connectivity index (χ0n) is 12.9. The first-order valence-corrected chi connectivity index (χ1v) is 7.94. The third-order valence-electron chi connectivity index (χ3n) is 4.03. The van der Waals surface area contributed by atoms with Gasteiger partial charge in [0.15, 0.2) is 0 Å². The van der Waals surface area contributed by atoms with Crippen molar-refractivity contribution in [2.45, 2.75) is 39.0 Å². The molecule has 1 saturated heterocycles. The first-order chi connectivity index (χ1) is 10.7. The minimum Gasteiger partial charge on any atom is -0.421 e. The highest BCUT2D eigenvalue weighted by Gasteiger charge is 2.17. The van der Waals surface area contributed by atoms with Crippen molar-refractivity contribution in [3.05, 3.63) is 35.7 Å². The third-order valence-corrected chi connectivity index (χ3v) is 4.03. The van der Waals surface area contributed by atoms with Crippen molar-refractivity contribution >= 4 is 5.91 Å². The monoisotopic (exact) mass is 299 g/mol. The second-order valence-corrected chi connectivity index (χ2v) is 5.77. The molecule has 116 valence electrons. The number of hydrogen-bond acceptors (Lipinski definition) is 4. The van der Waals surface area contributed by atoms with Gasteiger partial charge in [0.2, 0.25) is 11.8 Å². The van der Waals surface area contributed by atoms with E-state index in [-0.39, 0.29) is 5.91 Å². The van der Waals surface area contributed by atoms with Crippen LogP contribution in [0.1, 0.15) is 48.4 Å². The maximum absolute atomic E-state index is 12.7. The van der Waals surface area contributed by atoms with Crippen LogP contribution in [0.5, 0.6) is 0 Å². The molecule has 1 aliphatic rings. The predicted octanol–water partition coefficient (Wildman–Crippen LogP) is 3.45. The standard InChI is InChI=1S/C17H21N3O2/c1-13-18-19-16(22-13)14-8-7-9-15(12-14)17(21)20-10-5-3-2-4-6-11-20/h7-9,12H,2-6,10-11H2,1H3. The molecule has 0 aliphatic carbocycles. The third kappa shape index (κ3) is 3.35. The Morgan fingerprint density at radius 2 is 1.82 bits per heavy atom. The van der Waals surface area contributed by atoms with Gasteiger partial charge in [0.05, 0.1) is 0 Å². The van der Waals surface area contributed by atoms with Crippen molar-refractivity contribution in [2.75, 3.05) is 13.1 Å². The van der Waals surface area contributed by atoms with E-state index in [1.165, 1.54) is 19.3 Å². The lowest BCUT2D eigenvalue weighted by Crippen LogP contribution is -2.33. The van der Waals surface area contributed by atoms with Gasteiger partial charge in [-0.2, -0.15) is 0 Å². The van der Waals surface area contributed by atoms with Crippen molar-refractivity contribution in [1.29, 1.82) is 0 Å². The van der Waals surface area contributed by atoms with Gasteiger partial charge in [-0.3, -0.25) is 4.79 Å². The molecule has 0 bridgehead atoms. The molecule has 1 aromatic heterocycles. The summed E-state index contributed by atoms with van der Waals surface area (Å²) in [7, 11) is 0. The van der Waals surface area contributed by atoms with Gasteiger partial charge in [0.1, 0.15) is 0 Å². The molecule has 0 spiro atoms. The minimum atomic E-state index is 0.0972. The maximum Gasteiger partial charge on any atom is 0.253 e. The van der Waals surface area contributed by atoms with Crippen LogP contribution >= 0.6 is 0 Å². The zero-order valence-corrected chi connectivity index (χ0v) is 12.9. The van der Waals surface area contributed by atoms with Gasteiger partial charge in [-0.05, 0) is 31.0 Å². The number of nitrogens with zero attached hydrogens (tertiary/aromatic N) is 3. The Labute approximate surface area is 130 Å². The molecule has 0 saturated carbocycles. The lowest BCUT2D eigenvalue weighted by molar-refractivity contribution is 0.0742. The highest BCUT2D eigenvalue weighted by Crippen LogP contribution is 2.20. The number of benzene rings is 1. The molecule has 5 heteroatoms. The summed E-state index contributed by atoms with van der Waals surface area (Å²) < 4.78 is 5.44. The second-order valence-electron chi connectivity index (χ2n) is 5.77. The molecule has 5 nitrogen and oxygen atoms in total. The highest BCUT2D eigenvalue weighted by atomic mass is 16.4. The lowest BCUT2D eigenvalue weighted by Gasteiger charge is -2.25. The highest BCUT2D eigenvalue weighted by molar-refractivity contribution is 5.95. The van der Waals surface area contributed by atoms with Gasteiger partial charge < -0.3 is 9.32 Å². The largest absolute Gasteiger partial charge is 0.421 e. The number of amides is 1. The fourth-order valence-electron chi connectivity index (χ4n) is 2.83. The molecule has 22 heavy (non-hydrogen) atoms. The van der Waals surface area contributed by atoms with E-state index in [0.29, 0.717) is 17.3 Å². The van der Waals surface area contributed by atoms with Crippen LogP contribution in [-0.4, -0.2) is 34.1 Å². The van der Waals surface area contributed by atoms with Crippen LogP contribution in [0.3, 0.4) is 0 Å². The first kappa shape index (κ1) is 14.8. The molecule has 2 aromatic rings. The number of rotatable bonds is 2. The molecule has 1 fully saturated rings. The van der Waals surface area contributed by atoms with Crippen LogP contribution in [0.4, 0.5) is 0 Å². The van der Waals surface area contributed by atoms with Crippen molar-refractivity contribution < 1.29 is 9.21 Å². The average molecular weight is 299 g/mol. The van der Waals surface area contributed by atoms with Crippen LogP contribution < -0.4 is 0 Å². The summed E-state index contributed by atoms with van der Waals surface area (Å²) in [5.41, 5.74) is 1.48. The van der Waals surface area contributed by atoms with Crippen molar-refractivity contribution in [1.82, 2.24) is 15.1 Å². The quantitative estimate of drug-likeness (QED) is 0.852. The van der Waals surface area contributed by atoms with Crippen molar-refractivity contribution in [3.8, 4) is 11.5 Å². The lowest BCUT2D eigenvalue weighted by atomic mass is 10.1. The van der Waals surface area contributed by atoms with Gasteiger partial charge in [-0.25, -0.2) is 0 Å². The topological polar surface area (TPSA) is 59.2 Å². The van der Waals surface area contributed by atoms with Gasteiger partial charge in [0.25, 0.3) is 5.91 Å². The van der Waals surface area contributed by atoms with Crippen molar-refractivity contribution in [3.63, 3.8) is 0 Å². The second kappa shape index (κ2) is 6.73. The van der Waals surface area contributed by atoms with Crippen LogP contribution in [0.15, 0.2) is 28.7 Å². The minimum absolute atomic E-state index is 0.0972. The zero-order chi connectivity index (χ0) is 15.4. The SMILES string of the molecule is Cc1nnc(-c2cccc(C(=O)N3CCCCCCC3)c2)o1. The van der Waals surface area contributed by atoms with E-state index in [2.05, 4.69) is 10.2 Å². The Bertz CT molecular complexity index is 643. The molecule has 0 atom stereocenters. The van der Waals surface area contributed by atoms with E-state index in [9.17, 15) is 4.79 Å². The normalized spacial score (nSPS) is 16.1. The average Bonchev–Trinajstić information content (AvgIpc) is 2.93. The fourth-order valence-corrected chi connectivity index (χ4v) is 2.83. The Morgan fingerprint density at radius 1 is 1.09 bits per heavy atom. The molecular formula is C17H21N3O2. The van der Waals surface area contributed by atoms with Gasteiger partial charge >= 0.3 is 0 Å². The Morgan fingerprint density at radius 3 is 2.50 bits per heavy atom. The number of carbonyl (C=O) groups is 1. The van der Waals surface area contributed by atoms with E-state index in [1.54, 1.807) is 6.92 Å². The van der Waals surface area contributed by atoms with Gasteiger partial charge in [-0.1, -0.05) is 25.3 Å². The first-order valence-electron chi connectivity index (χ1n) is 7.94. The smallest absolute Gasteiger partial charge is 0.253 e. The summed E-state index contributed by atoms with van der Waals surface area (Å²) in [4.78, 5) is 14.7. The summed E-state index contributed by atoms with van der Waals surface area (Å²) in [6, 6.07) is 7.45. The van der Waals surface area contributed by atoms with Crippen LogP contribution in [0, 0.1) is 6.92 Å². The van der Waals surface area contributed by atoms with E-state index >= 15 is 0 Å². The molecule has 0 N–H and O–H groups in total. The molecule has 1 aromatic carbocycles. The van der Waals surface area contributed by atoms with Crippen LogP contribution in [-0.2, 0) is 0 Å². The molecule has 3 rings (SSSR count). The maximum atomic E-state index is 12.7. The Hall–Kier alpha value is -2.17. The Balaban J connectivity index is 1.80. The molecule has 2 heterocycles. The Kier molecular flexibility index (Phi) is 4.51. The summed E-state index contributed by atoms with van der Waals surface area (Å²) in [6.07, 6.45) is 5.90. The molecule has 1 amide bonds. The number of aromatic nitrogens is 2. The summed E-state index contributed by atoms with van der Waals surface area (Å²) in [5.74, 6) is 1.08. The van der Waals surface area contributed by atoms with Gasteiger partial charge in [-0.15, -0.1) is 10.2 Å². The molecular weight excluding hydrogens is 278 g/mol. The molecule has 0 unspecified atom stereocenters. The predicted molar refractivity (Wildman–Crippen MR) is 83.5 cm³/mol. The van der Waals surface area contributed by atoms with Gasteiger partial charge in [0, 0.05) is 31.1 Å². The van der Waals surface area contributed by atoms with E-state index < -0.39 is 0 Å². The summed E-state index contributed by atoms with van der Waals surface area (Å²) in [5, 5.41) is 7.85. The molecule has 0 radical (unpaired) electrons. The molecule has 1 aliphatic heterocycles. The van der Waals surface area contributed by atoms with Crippen molar-refractivity contribution in [2.24, 2.45) is 0 Å². The van der Waals surface area contributed by atoms with Crippen LogP contribution in [0.25, 0.3) is 11.5 Å². The summed E-state index contributed by atoms with van der Waals surface area (Å²) in [6.45, 7) is 3.46. The number of carbonyl (C=O) groups excluding carboxylic acids is 1. The number of aryl methyl sites for hydroxylation is 1. The van der Waals surface area contributed by atoms with E-state index in [0.717, 1.165) is 31.5 Å². The summed E-state index contributed by atoms with van der Waals surface area (Å²) >= 11 is 0. The number of hydrogen-bond donors (Lipinski definition) is 0. The van der Waals surface area contributed by atoms with Crippen LogP contribution in [0.2, 0.25) is 0 Å². The van der Waals surface area contributed by atoms with E-state index in [1.807, 2.05) is 29.2 Å².